The molecule has 4 heteroatoms. The van der Waals surface area contributed by atoms with Crippen molar-refractivity contribution in [2.24, 2.45) is 11.3 Å². The van der Waals surface area contributed by atoms with Gasteiger partial charge in [0, 0.05) is 12.6 Å². The molecule has 2 rings (SSSR count). The summed E-state index contributed by atoms with van der Waals surface area (Å²) in [7, 11) is 0. The first-order valence-electron chi connectivity index (χ1n) is 5.67. The number of phenols is 1. The highest BCUT2D eigenvalue weighted by Crippen LogP contribution is 2.50. The minimum absolute atomic E-state index is 0.0266. The molecule has 0 saturated heterocycles. The number of carbonyl (C=O) groups excluding carboxylic acids is 1. The second kappa shape index (κ2) is 4.02. The Morgan fingerprint density at radius 3 is 2.76 bits per heavy atom. The molecule has 2 N–H and O–H groups in total. The molecular weight excluding hydrogens is 221 g/mol. The SMILES string of the molecule is CC1(C)CC1CNC(=O)c1ccc(O)cc1F. The van der Waals surface area contributed by atoms with Crippen LogP contribution >= 0.6 is 0 Å². The summed E-state index contributed by atoms with van der Waals surface area (Å²) in [6, 6.07) is 3.53. The summed E-state index contributed by atoms with van der Waals surface area (Å²) in [5.74, 6) is -0.822. The predicted octanol–water partition coefficient (Wildman–Crippen LogP) is 2.31. The number of aromatic hydroxyl groups is 1. The van der Waals surface area contributed by atoms with Gasteiger partial charge in [0.15, 0.2) is 0 Å². The summed E-state index contributed by atoms with van der Waals surface area (Å²) >= 11 is 0. The second-order valence-electron chi connectivity index (χ2n) is 5.26. The minimum atomic E-state index is -0.697. The van der Waals surface area contributed by atoms with Gasteiger partial charge in [0.25, 0.3) is 5.91 Å². The van der Waals surface area contributed by atoms with Crippen LogP contribution in [0.4, 0.5) is 4.39 Å². The first kappa shape index (κ1) is 11.9. The van der Waals surface area contributed by atoms with Crippen LogP contribution in [0.5, 0.6) is 5.75 Å². The maximum atomic E-state index is 13.4. The molecule has 1 amide bonds. The van der Waals surface area contributed by atoms with Crippen molar-refractivity contribution in [2.45, 2.75) is 20.3 Å². The Morgan fingerprint density at radius 1 is 1.59 bits per heavy atom. The quantitative estimate of drug-likeness (QED) is 0.847. The number of hydrogen-bond acceptors (Lipinski definition) is 2. The number of rotatable bonds is 3. The number of phenolic OH excluding ortho intramolecular Hbond substituents is 1. The van der Waals surface area contributed by atoms with Gasteiger partial charge in [-0.05, 0) is 29.9 Å². The van der Waals surface area contributed by atoms with Crippen LogP contribution in [0.15, 0.2) is 18.2 Å². The van der Waals surface area contributed by atoms with Crippen LogP contribution in [0.25, 0.3) is 0 Å². The van der Waals surface area contributed by atoms with Crippen molar-refractivity contribution < 1.29 is 14.3 Å². The molecule has 1 unspecified atom stereocenters. The van der Waals surface area contributed by atoms with Crippen molar-refractivity contribution in [3.8, 4) is 5.75 Å². The highest BCUT2D eigenvalue weighted by molar-refractivity contribution is 5.94. The van der Waals surface area contributed by atoms with Gasteiger partial charge in [-0.15, -0.1) is 0 Å². The molecule has 1 saturated carbocycles. The molecule has 1 aromatic carbocycles. The van der Waals surface area contributed by atoms with Crippen LogP contribution in [0.3, 0.4) is 0 Å². The van der Waals surface area contributed by atoms with Crippen LogP contribution in [0.2, 0.25) is 0 Å². The van der Waals surface area contributed by atoms with E-state index in [4.69, 9.17) is 5.11 Å². The second-order valence-corrected chi connectivity index (χ2v) is 5.26. The van der Waals surface area contributed by atoms with E-state index in [9.17, 15) is 9.18 Å². The number of amides is 1. The average Bonchev–Trinajstić information content (AvgIpc) is 2.83. The molecule has 0 radical (unpaired) electrons. The summed E-state index contributed by atoms with van der Waals surface area (Å²) in [6.45, 7) is 4.86. The highest BCUT2D eigenvalue weighted by Gasteiger charge is 2.45. The van der Waals surface area contributed by atoms with Crippen molar-refractivity contribution in [2.75, 3.05) is 6.54 Å². The molecule has 0 heterocycles. The zero-order chi connectivity index (χ0) is 12.6. The zero-order valence-electron chi connectivity index (χ0n) is 9.96. The van der Waals surface area contributed by atoms with E-state index in [1.807, 2.05) is 0 Å². The maximum Gasteiger partial charge on any atom is 0.254 e. The van der Waals surface area contributed by atoms with Gasteiger partial charge in [-0.2, -0.15) is 0 Å². The Bertz CT molecular complexity index is 457. The fraction of sp³-hybridized carbons (Fsp3) is 0.462. The van der Waals surface area contributed by atoms with Gasteiger partial charge in [-0.1, -0.05) is 13.8 Å². The fourth-order valence-corrected chi connectivity index (χ4v) is 1.92. The van der Waals surface area contributed by atoms with E-state index >= 15 is 0 Å². The van der Waals surface area contributed by atoms with Gasteiger partial charge in [-0.25, -0.2) is 4.39 Å². The topological polar surface area (TPSA) is 49.3 Å². The molecule has 3 nitrogen and oxygen atoms in total. The lowest BCUT2D eigenvalue weighted by molar-refractivity contribution is 0.0946. The minimum Gasteiger partial charge on any atom is -0.508 e. The summed E-state index contributed by atoms with van der Waals surface area (Å²) in [5.41, 5.74) is 0.266. The maximum absolute atomic E-state index is 13.4. The molecule has 0 spiro atoms. The van der Waals surface area contributed by atoms with Gasteiger partial charge in [0.1, 0.15) is 11.6 Å². The van der Waals surface area contributed by atoms with Gasteiger partial charge in [0.05, 0.1) is 5.56 Å². The Kier molecular flexibility index (Phi) is 2.81. The molecule has 0 aliphatic heterocycles. The molecule has 1 aliphatic carbocycles. The summed E-state index contributed by atoms with van der Waals surface area (Å²) in [5, 5.41) is 11.8. The van der Waals surface area contributed by atoms with E-state index in [0.717, 1.165) is 12.5 Å². The van der Waals surface area contributed by atoms with Crippen molar-refractivity contribution in [3.63, 3.8) is 0 Å². The van der Waals surface area contributed by atoms with Crippen molar-refractivity contribution >= 4 is 5.91 Å². The molecule has 92 valence electrons. The van der Waals surface area contributed by atoms with Crippen molar-refractivity contribution in [1.29, 1.82) is 0 Å². The van der Waals surface area contributed by atoms with Crippen molar-refractivity contribution in [3.05, 3.63) is 29.6 Å². The number of nitrogens with one attached hydrogen (secondary N) is 1. The molecule has 0 bridgehead atoms. The molecule has 1 atom stereocenters. The number of carbonyl (C=O) groups is 1. The lowest BCUT2D eigenvalue weighted by Crippen LogP contribution is -2.27. The summed E-state index contributed by atoms with van der Waals surface area (Å²) < 4.78 is 13.4. The standard InChI is InChI=1S/C13H16FNO2/c1-13(2)6-8(13)7-15-12(17)10-4-3-9(16)5-11(10)14/h3-5,8,16H,6-7H2,1-2H3,(H,15,17). The average molecular weight is 237 g/mol. The predicted molar refractivity (Wildman–Crippen MR) is 62.3 cm³/mol. The summed E-state index contributed by atoms with van der Waals surface area (Å²) in [4.78, 5) is 11.7. The molecule has 1 fully saturated rings. The molecule has 1 aromatic rings. The lowest BCUT2D eigenvalue weighted by atomic mass is 10.1. The zero-order valence-corrected chi connectivity index (χ0v) is 9.96. The highest BCUT2D eigenvalue weighted by atomic mass is 19.1. The van der Waals surface area contributed by atoms with E-state index in [0.29, 0.717) is 17.9 Å². The number of benzene rings is 1. The van der Waals surface area contributed by atoms with E-state index in [2.05, 4.69) is 19.2 Å². The normalized spacial score (nSPS) is 21.0. The third kappa shape index (κ3) is 2.57. The van der Waals surface area contributed by atoms with Gasteiger partial charge < -0.3 is 10.4 Å². The number of halogens is 1. The third-order valence-corrected chi connectivity index (χ3v) is 3.42. The lowest BCUT2D eigenvalue weighted by Gasteiger charge is -2.07. The third-order valence-electron chi connectivity index (χ3n) is 3.42. The van der Waals surface area contributed by atoms with E-state index in [1.54, 1.807) is 0 Å². The Morgan fingerprint density at radius 2 is 2.24 bits per heavy atom. The summed E-state index contributed by atoms with van der Waals surface area (Å²) in [6.07, 6.45) is 1.09. The van der Waals surface area contributed by atoms with Crippen LogP contribution in [-0.2, 0) is 0 Å². The van der Waals surface area contributed by atoms with Crippen molar-refractivity contribution in [1.82, 2.24) is 5.32 Å². The van der Waals surface area contributed by atoms with E-state index in [1.165, 1.54) is 12.1 Å². The van der Waals surface area contributed by atoms with Gasteiger partial charge in [-0.3, -0.25) is 4.79 Å². The van der Waals surface area contributed by atoms with Crippen LogP contribution in [0, 0.1) is 17.2 Å². The van der Waals surface area contributed by atoms with Gasteiger partial charge >= 0.3 is 0 Å². The van der Waals surface area contributed by atoms with Crippen LogP contribution in [0.1, 0.15) is 30.6 Å². The molecular formula is C13H16FNO2. The first-order valence-corrected chi connectivity index (χ1v) is 5.67. The first-order chi connectivity index (χ1) is 7.90. The van der Waals surface area contributed by atoms with E-state index in [-0.39, 0.29) is 11.3 Å². The van der Waals surface area contributed by atoms with Crippen LogP contribution in [-0.4, -0.2) is 17.6 Å². The molecule has 17 heavy (non-hydrogen) atoms. The van der Waals surface area contributed by atoms with Gasteiger partial charge in [0.2, 0.25) is 0 Å². The largest absolute Gasteiger partial charge is 0.508 e. The number of hydrogen-bond donors (Lipinski definition) is 2. The van der Waals surface area contributed by atoms with E-state index < -0.39 is 11.7 Å². The monoisotopic (exact) mass is 237 g/mol. The Labute approximate surface area is 99.7 Å². The smallest absolute Gasteiger partial charge is 0.254 e. The fourth-order valence-electron chi connectivity index (χ4n) is 1.92. The molecule has 1 aliphatic rings. The molecule has 0 aromatic heterocycles. The Balaban J connectivity index is 1.96. The van der Waals surface area contributed by atoms with Crippen LogP contribution < -0.4 is 5.32 Å². The Hall–Kier alpha value is -1.58.